The van der Waals surface area contributed by atoms with E-state index in [1.165, 1.54) is 0 Å². The second-order valence-electron chi connectivity index (χ2n) is 4.69. The Kier molecular flexibility index (Phi) is 5.16. The van der Waals surface area contributed by atoms with Crippen LogP contribution in [0.2, 0.25) is 0 Å². The number of hydrogen-bond donors (Lipinski definition) is 1. The summed E-state index contributed by atoms with van der Waals surface area (Å²) >= 11 is 2.73. The van der Waals surface area contributed by atoms with Gasteiger partial charge in [-0.1, -0.05) is 17.8 Å². The van der Waals surface area contributed by atoms with Crippen molar-refractivity contribution in [2.45, 2.75) is 11.7 Å². The first-order chi connectivity index (χ1) is 11.6. The molecule has 10 heteroatoms. The lowest BCUT2D eigenvalue weighted by Gasteiger charge is -2.06. The maximum Gasteiger partial charge on any atom is 0.234 e. The summed E-state index contributed by atoms with van der Waals surface area (Å²) < 4.78 is 27.8. The number of nitrogens with zero attached hydrogens (tertiary/aromatic N) is 4. The van der Waals surface area contributed by atoms with E-state index in [2.05, 4.69) is 20.8 Å². The molecule has 0 aliphatic carbocycles. The molecule has 124 valence electrons. The van der Waals surface area contributed by atoms with Crippen molar-refractivity contribution in [1.82, 2.24) is 20.2 Å². The molecule has 2 heterocycles. The van der Waals surface area contributed by atoms with Gasteiger partial charge in [-0.3, -0.25) is 4.79 Å². The molecule has 1 N–H and O–H groups in total. The van der Waals surface area contributed by atoms with Crippen LogP contribution < -0.4 is 5.32 Å². The zero-order valence-corrected chi connectivity index (χ0v) is 13.8. The summed E-state index contributed by atoms with van der Waals surface area (Å²) in [6, 6.07) is 6.73. The highest BCUT2D eigenvalue weighted by molar-refractivity contribution is 7.99. The van der Waals surface area contributed by atoms with Crippen LogP contribution in [0.1, 0.15) is 4.88 Å². The van der Waals surface area contributed by atoms with Crippen molar-refractivity contribution in [3.05, 3.63) is 52.2 Å². The Bertz CT molecular complexity index is 817. The molecule has 2 aromatic heterocycles. The number of carbonyl (C=O) groups is 1. The van der Waals surface area contributed by atoms with Crippen molar-refractivity contribution < 1.29 is 13.6 Å². The smallest absolute Gasteiger partial charge is 0.234 e. The molecule has 0 unspecified atom stereocenters. The Labute approximate surface area is 143 Å². The average Bonchev–Trinajstić information content (AvgIpc) is 3.16. The maximum absolute atomic E-state index is 13.1. The molecular formula is C14H11F2N5OS2. The molecule has 24 heavy (non-hydrogen) atoms. The van der Waals surface area contributed by atoms with Crippen LogP contribution in [-0.4, -0.2) is 31.9 Å². The summed E-state index contributed by atoms with van der Waals surface area (Å²) in [7, 11) is 0. The Balaban J connectivity index is 1.57. The summed E-state index contributed by atoms with van der Waals surface area (Å²) in [6.07, 6.45) is 0. The van der Waals surface area contributed by atoms with Gasteiger partial charge in [-0.25, -0.2) is 13.5 Å². The van der Waals surface area contributed by atoms with Gasteiger partial charge in [-0.05, 0) is 34.0 Å². The zero-order chi connectivity index (χ0) is 16.9. The minimum atomic E-state index is -0.752. The number of halogens is 2. The monoisotopic (exact) mass is 367 g/mol. The molecule has 0 radical (unpaired) electrons. The standard InChI is InChI=1S/C14H11F2N5OS2/c15-9-4-10(16)6-11(5-9)17-13(22)8-24-14-18-19-20-21(14)7-12-2-1-3-23-12/h1-6H,7-8H2,(H,17,22). The fraction of sp³-hybridized carbons (Fsp3) is 0.143. The number of carbonyl (C=O) groups excluding carboxylic acids is 1. The van der Waals surface area contributed by atoms with Crippen LogP contribution in [-0.2, 0) is 11.3 Å². The third-order valence-corrected chi connectivity index (χ3v) is 4.68. The molecule has 0 atom stereocenters. The van der Waals surface area contributed by atoms with Crippen LogP contribution in [0.3, 0.4) is 0 Å². The third kappa shape index (κ3) is 4.36. The van der Waals surface area contributed by atoms with Crippen LogP contribution in [0.25, 0.3) is 0 Å². The first-order valence-corrected chi connectivity index (χ1v) is 8.64. The second-order valence-corrected chi connectivity index (χ2v) is 6.67. The van der Waals surface area contributed by atoms with Crippen molar-refractivity contribution >= 4 is 34.7 Å². The highest BCUT2D eigenvalue weighted by Gasteiger charge is 2.12. The van der Waals surface area contributed by atoms with E-state index in [1.807, 2.05) is 17.5 Å². The number of tetrazole rings is 1. The first-order valence-electron chi connectivity index (χ1n) is 6.77. The van der Waals surface area contributed by atoms with Gasteiger partial charge in [0.2, 0.25) is 11.1 Å². The highest BCUT2D eigenvalue weighted by atomic mass is 32.2. The summed E-state index contributed by atoms with van der Waals surface area (Å²) in [5, 5.41) is 16.2. The summed E-state index contributed by atoms with van der Waals surface area (Å²) in [6.45, 7) is 0.518. The predicted molar refractivity (Wildman–Crippen MR) is 86.9 cm³/mol. The number of hydrogen-bond acceptors (Lipinski definition) is 6. The van der Waals surface area contributed by atoms with E-state index in [9.17, 15) is 13.6 Å². The minimum absolute atomic E-state index is 0.0168. The topological polar surface area (TPSA) is 72.7 Å². The van der Waals surface area contributed by atoms with Crippen molar-refractivity contribution in [3.63, 3.8) is 0 Å². The average molecular weight is 367 g/mol. The highest BCUT2D eigenvalue weighted by Crippen LogP contribution is 2.18. The maximum atomic E-state index is 13.1. The number of nitrogens with one attached hydrogen (secondary N) is 1. The third-order valence-electron chi connectivity index (χ3n) is 2.86. The summed E-state index contributed by atoms with van der Waals surface area (Å²) in [5.74, 6) is -1.89. The number of aromatic nitrogens is 4. The fourth-order valence-electron chi connectivity index (χ4n) is 1.90. The number of thiophene rings is 1. The van der Waals surface area contributed by atoms with E-state index in [1.54, 1.807) is 16.0 Å². The number of anilines is 1. The molecule has 6 nitrogen and oxygen atoms in total. The summed E-state index contributed by atoms with van der Waals surface area (Å²) in [4.78, 5) is 13.0. The molecule has 3 rings (SSSR count). The SMILES string of the molecule is O=C(CSc1nnnn1Cc1cccs1)Nc1cc(F)cc(F)c1. The normalized spacial score (nSPS) is 10.8. The Morgan fingerprint density at radius 3 is 2.79 bits per heavy atom. The Morgan fingerprint density at radius 1 is 1.29 bits per heavy atom. The van der Waals surface area contributed by atoms with Crippen LogP contribution in [0.15, 0.2) is 40.9 Å². The van der Waals surface area contributed by atoms with Gasteiger partial charge >= 0.3 is 0 Å². The van der Waals surface area contributed by atoms with E-state index in [4.69, 9.17) is 0 Å². The number of amides is 1. The summed E-state index contributed by atoms with van der Waals surface area (Å²) in [5.41, 5.74) is 0.0660. The van der Waals surface area contributed by atoms with Crippen molar-refractivity contribution in [2.75, 3.05) is 11.1 Å². The van der Waals surface area contributed by atoms with E-state index >= 15 is 0 Å². The lowest BCUT2D eigenvalue weighted by Crippen LogP contribution is -2.15. The van der Waals surface area contributed by atoms with E-state index in [0.29, 0.717) is 11.7 Å². The lowest BCUT2D eigenvalue weighted by atomic mass is 10.3. The number of thioether (sulfide) groups is 1. The molecule has 0 fully saturated rings. The van der Waals surface area contributed by atoms with Crippen LogP contribution in [0.5, 0.6) is 0 Å². The molecular weight excluding hydrogens is 356 g/mol. The number of rotatable bonds is 6. The molecule has 1 amide bonds. The van der Waals surface area contributed by atoms with Gasteiger partial charge in [-0.2, -0.15) is 0 Å². The molecule has 0 saturated heterocycles. The minimum Gasteiger partial charge on any atom is -0.325 e. The predicted octanol–water partition coefficient (Wildman–Crippen LogP) is 2.79. The molecule has 3 aromatic rings. The molecule has 0 saturated carbocycles. The lowest BCUT2D eigenvalue weighted by molar-refractivity contribution is -0.113. The molecule has 1 aromatic carbocycles. The van der Waals surface area contributed by atoms with Gasteiger partial charge < -0.3 is 5.32 Å². The quantitative estimate of drug-likeness (QED) is 0.678. The second kappa shape index (κ2) is 7.49. The van der Waals surface area contributed by atoms with E-state index in [-0.39, 0.29) is 11.4 Å². The first kappa shape index (κ1) is 16.5. The largest absolute Gasteiger partial charge is 0.325 e. The van der Waals surface area contributed by atoms with Crippen LogP contribution >= 0.6 is 23.1 Å². The van der Waals surface area contributed by atoms with Gasteiger partial charge in [-0.15, -0.1) is 16.4 Å². The molecule has 0 spiro atoms. The Hall–Kier alpha value is -2.33. The van der Waals surface area contributed by atoms with Gasteiger partial charge in [0, 0.05) is 16.6 Å². The van der Waals surface area contributed by atoms with Crippen LogP contribution in [0, 0.1) is 11.6 Å². The van der Waals surface area contributed by atoms with Gasteiger partial charge in [0.25, 0.3) is 0 Å². The van der Waals surface area contributed by atoms with Crippen molar-refractivity contribution in [3.8, 4) is 0 Å². The Morgan fingerprint density at radius 2 is 2.08 bits per heavy atom. The molecule has 0 aliphatic rings. The molecule has 0 aliphatic heterocycles. The van der Waals surface area contributed by atoms with Crippen molar-refractivity contribution in [1.29, 1.82) is 0 Å². The zero-order valence-electron chi connectivity index (χ0n) is 12.1. The van der Waals surface area contributed by atoms with Crippen LogP contribution in [0.4, 0.5) is 14.5 Å². The number of benzene rings is 1. The van der Waals surface area contributed by atoms with Crippen molar-refractivity contribution in [2.24, 2.45) is 0 Å². The van der Waals surface area contributed by atoms with Gasteiger partial charge in [0.05, 0.1) is 12.3 Å². The molecule has 0 bridgehead atoms. The van der Waals surface area contributed by atoms with Gasteiger partial charge in [0.1, 0.15) is 11.6 Å². The fourth-order valence-corrected chi connectivity index (χ4v) is 3.26. The van der Waals surface area contributed by atoms with E-state index < -0.39 is 17.5 Å². The van der Waals surface area contributed by atoms with E-state index in [0.717, 1.165) is 34.8 Å². The van der Waals surface area contributed by atoms with Gasteiger partial charge in [0.15, 0.2) is 0 Å².